The minimum Gasteiger partial charge on any atom is -0.480 e. The van der Waals surface area contributed by atoms with Gasteiger partial charge in [0.15, 0.2) is 0 Å². The van der Waals surface area contributed by atoms with Crippen molar-refractivity contribution in [1.29, 1.82) is 0 Å². The zero-order chi connectivity index (χ0) is 18.0. The predicted octanol–water partition coefficient (Wildman–Crippen LogP) is 1.77. The highest BCUT2D eigenvalue weighted by Gasteiger charge is 2.29. The maximum atomic E-state index is 12.8. The van der Waals surface area contributed by atoms with E-state index in [0.717, 1.165) is 22.2 Å². The fourth-order valence-corrected chi connectivity index (χ4v) is 3.15. The van der Waals surface area contributed by atoms with E-state index in [-0.39, 0.29) is 24.7 Å². The Morgan fingerprint density at radius 1 is 1.40 bits per heavy atom. The van der Waals surface area contributed by atoms with Crippen LogP contribution in [-0.4, -0.2) is 53.9 Å². The number of carbonyl (C=O) groups excluding carboxylic acids is 1. The summed E-state index contributed by atoms with van der Waals surface area (Å²) in [6.07, 6.45) is 0.170. The first kappa shape index (κ1) is 17.4. The number of aliphatic carboxylic acids is 1. The summed E-state index contributed by atoms with van der Waals surface area (Å²) in [6, 6.07) is 5.22. The molecule has 0 unspecified atom stereocenters. The zero-order valence-corrected chi connectivity index (χ0v) is 14.3. The Bertz CT molecular complexity index is 798. The lowest BCUT2D eigenvalue weighted by molar-refractivity contribution is -0.147. The van der Waals surface area contributed by atoms with Gasteiger partial charge in [0.2, 0.25) is 0 Å². The third-order valence-corrected chi connectivity index (χ3v) is 4.62. The first-order valence-electron chi connectivity index (χ1n) is 8.27. The van der Waals surface area contributed by atoms with Gasteiger partial charge in [-0.25, -0.2) is 4.79 Å². The van der Waals surface area contributed by atoms with E-state index in [0.29, 0.717) is 25.2 Å². The predicted molar refractivity (Wildman–Crippen MR) is 91.8 cm³/mol. The fraction of sp³-hybridized carbons (Fsp3) is 0.444. The van der Waals surface area contributed by atoms with Crippen LogP contribution in [-0.2, 0) is 14.3 Å². The van der Waals surface area contributed by atoms with Gasteiger partial charge in [-0.05, 0) is 31.9 Å². The van der Waals surface area contributed by atoms with Gasteiger partial charge >= 0.3 is 5.97 Å². The van der Waals surface area contributed by atoms with Gasteiger partial charge in [0.05, 0.1) is 29.8 Å². The molecule has 3 rings (SSSR count). The number of H-pyrrole nitrogens is 1. The van der Waals surface area contributed by atoms with E-state index in [4.69, 9.17) is 14.6 Å². The smallest absolute Gasteiger partial charge is 0.329 e. The van der Waals surface area contributed by atoms with Gasteiger partial charge < -0.3 is 24.9 Å². The van der Waals surface area contributed by atoms with E-state index in [2.05, 4.69) is 10.3 Å². The maximum Gasteiger partial charge on any atom is 0.329 e. The van der Waals surface area contributed by atoms with Crippen molar-refractivity contribution in [1.82, 2.24) is 10.3 Å². The zero-order valence-electron chi connectivity index (χ0n) is 14.3. The molecular weight excluding hydrogens is 324 g/mol. The van der Waals surface area contributed by atoms with Crippen molar-refractivity contribution in [2.75, 3.05) is 19.8 Å². The fourth-order valence-electron chi connectivity index (χ4n) is 3.15. The second-order valence-corrected chi connectivity index (χ2v) is 6.29. The summed E-state index contributed by atoms with van der Waals surface area (Å²) in [5.74, 6) is -1.26. The number of hydrogen-bond donors (Lipinski definition) is 3. The molecule has 1 saturated heterocycles. The second kappa shape index (κ2) is 7.25. The van der Waals surface area contributed by atoms with Crippen molar-refractivity contribution in [3.63, 3.8) is 0 Å². The lowest BCUT2D eigenvalue weighted by atomic mass is 10.0. The number of ether oxygens (including phenoxy) is 2. The number of amides is 1. The molecule has 2 aromatic rings. The van der Waals surface area contributed by atoms with Crippen LogP contribution in [0.4, 0.5) is 0 Å². The summed E-state index contributed by atoms with van der Waals surface area (Å²) in [5.41, 5.74) is 3.50. The molecule has 1 amide bonds. The Hall–Kier alpha value is -2.38. The van der Waals surface area contributed by atoms with Crippen molar-refractivity contribution in [2.24, 2.45) is 0 Å². The molecule has 1 aromatic carbocycles. The number of aromatic nitrogens is 1. The molecule has 3 N–H and O–H groups in total. The summed E-state index contributed by atoms with van der Waals surface area (Å²) >= 11 is 0. The minimum absolute atomic E-state index is 0.230. The average molecular weight is 346 g/mol. The normalized spacial score (nSPS) is 20.6. The Kier molecular flexibility index (Phi) is 5.06. The van der Waals surface area contributed by atoms with Crippen LogP contribution in [0, 0.1) is 13.8 Å². The highest BCUT2D eigenvalue weighted by molar-refractivity contribution is 6.06. The van der Waals surface area contributed by atoms with Gasteiger partial charge in [-0.3, -0.25) is 4.79 Å². The standard InChI is InChI=1S/C18H22N2O5/c1-10-11(2)19-17-12(10)4-3-5-13(17)18(23)20-14-8-24-7-6-15(14)25-9-16(21)22/h3-5,14-15,19H,6-9H2,1-2H3,(H,20,23)(H,21,22)/t14-,15+/m1/s1. The third-order valence-electron chi connectivity index (χ3n) is 4.62. The molecule has 1 aliphatic heterocycles. The Morgan fingerprint density at radius 2 is 2.20 bits per heavy atom. The third kappa shape index (κ3) is 3.67. The number of carboxylic acids is 1. The van der Waals surface area contributed by atoms with Gasteiger partial charge in [0, 0.05) is 17.7 Å². The number of benzene rings is 1. The van der Waals surface area contributed by atoms with Crippen LogP contribution in [0.3, 0.4) is 0 Å². The van der Waals surface area contributed by atoms with E-state index in [1.165, 1.54) is 0 Å². The Balaban J connectivity index is 1.79. The molecular formula is C18H22N2O5. The summed E-state index contributed by atoms with van der Waals surface area (Å²) in [7, 11) is 0. The molecule has 0 aliphatic carbocycles. The lowest BCUT2D eigenvalue weighted by Gasteiger charge is -2.31. The van der Waals surface area contributed by atoms with Gasteiger partial charge in [0.25, 0.3) is 5.91 Å². The van der Waals surface area contributed by atoms with Crippen LogP contribution in [0.1, 0.15) is 28.0 Å². The molecule has 25 heavy (non-hydrogen) atoms. The van der Waals surface area contributed by atoms with E-state index in [1.807, 2.05) is 26.0 Å². The molecule has 7 heteroatoms. The van der Waals surface area contributed by atoms with E-state index >= 15 is 0 Å². The van der Waals surface area contributed by atoms with Gasteiger partial charge in [-0.1, -0.05) is 12.1 Å². The Labute approximate surface area is 145 Å². The minimum atomic E-state index is -1.03. The number of carboxylic acid groups (broad SMARTS) is 1. The van der Waals surface area contributed by atoms with Crippen LogP contribution in [0.15, 0.2) is 18.2 Å². The van der Waals surface area contributed by atoms with E-state index in [1.54, 1.807) is 6.07 Å². The molecule has 1 fully saturated rings. The molecule has 0 spiro atoms. The monoisotopic (exact) mass is 346 g/mol. The molecule has 1 aliphatic rings. The van der Waals surface area contributed by atoms with E-state index < -0.39 is 5.97 Å². The molecule has 2 heterocycles. The maximum absolute atomic E-state index is 12.8. The van der Waals surface area contributed by atoms with Gasteiger partial charge in [0.1, 0.15) is 6.61 Å². The molecule has 0 radical (unpaired) electrons. The SMILES string of the molecule is Cc1[nH]c2c(C(=O)N[C@@H]3COCC[C@@H]3OCC(=O)O)cccc2c1C. The number of rotatable bonds is 5. The van der Waals surface area contributed by atoms with Crippen molar-refractivity contribution >= 4 is 22.8 Å². The number of para-hydroxylation sites is 1. The quantitative estimate of drug-likeness (QED) is 0.766. The largest absolute Gasteiger partial charge is 0.480 e. The van der Waals surface area contributed by atoms with E-state index in [9.17, 15) is 9.59 Å². The van der Waals surface area contributed by atoms with Gasteiger partial charge in [-0.15, -0.1) is 0 Å². The van der Waals surface area contributed by atoms with Crippen molar-refractivity contribution in [3.8, 4) is 0 Å². The molecule has 0 saturated carbocycles. The highest BCUT2D eigenvalue weighted by Crippen LogP contribution is 2.24. The Morgan fingerprint density at radius 3 is 2.96 bits per heavy atom. The number of nitrogens with one attached hydrogen (secondary N) is 2. The van der Waals surface area contributed by atoms with Crippen molar-refractivity contribution < 1.29 is 24.2 Å². The number of hydrogen-bond acceptors (Lipinski definition) is 4. The van der Waals surface area contributed by atoms with Crippen LogP contribution in [0.25, 0.3) is 10.9 Å². The van der Waals surface area contributed by atoms with Crippen LogP contribution < -0.4 is 5.32 Å². The average Bonchev–Trinajstić information content (AvgIpc) is 2.88. The van der Waals surface area contributed by atoms with Crippen molar-refractivity contribution in [2.45, 2.75) is 32.4 Å². The van der Waals surface area contributed by atoms with Crippen molar-refractivity contribution in [3.05, 3.63) is 35.0 Å². The van der Waals surface area contributed by atoms with Gasteiger partial charge in [-0.2, -0.15) is 0 Å². The summed E-state index contributed by atoms with van der Waals surface area (Å²) in [6.45, 7) is 4.39. The molecule has 0 bridgehead atoms. The topological polar surface area (TPSA) is 101 Å². The highest BCUT2D eigenvalue weighted by atomic mass is 16.5. The summed E-state index contributed by atoms with van der Waals surface area (Å²) in [5, 5.41) is 12.7. The summed E-state index contributed by atoms with van der Waals surface area (Å²) in [4.78, 5) is 26.8. The molecule has 2 atom stereocenters. The first-order valence-corrected chi connectivity index (χ1v) is 8.27. The number of aryl methyl sites for hydroxylation is 2. The van der Waals surface area contributed by atoms with Crippen LogP contribution >= 0.6 is 0 Å². The lowest BCUT2D eigenvalue weighted by Crippen LogP contribution is -2.51. The number of fused-ring (bicyclic) bond motifs is 1. The molecule has 134 valence electrons. The number of aromatic amines is 1. The van der Waals surface area contributed by atoms with Crippen LogP contribution in [0.2, 0.25) is 0 Å². The molecule has 1 aromatic heterocycles. The second-order valence-electron chi connectivity index (χ2n) is 6.29. The first-order chi connectivity index (χ1) is 12.0. The molecule has 7 nitrogen and oxygen atoms in total. The van der Waals surface area contributed by atoms with Crippen LogP contribution in [0.5, 0.6) is 0 Å². The number of carbonyl (C=O) groups is 2. The summed E-state index contributed by atoms with van der Waals surface area (Å²) < 4.78 is 10.8.